The van der Waals surface area contributed by atoms with Gasteiger partial charge in [-0.25, -0.2) is 0 Å². The van der Waals surface area contributed by atoms with Crippen molar-refractivity contribution in [2.45, 2.75) is 6.42 Å². The van der Waals surface area contributed by atoms with Crippen molar-refractivity contribution in [2.24, 2.45) is 5.92 Å². The van der Waals surface area contributed by atoms with Crippen molar-refractivity contribution >= 4 is 37.7 Å². The molecule has 1 aromatic carbocycles. The third-order valence-electron chi connectivity index (χ3n) is 5.25. The molecule has 3 aliphatic rings. The molecule has 0 saturated carbocycles. The average molecular weight is 462 g/mol. The number of allylic oxidation sites excluding steroid dienone is 4. The Morgan fingerprint density at radius 2 is 1.96 bits per heavy atom. The zero-order chi connectivity index (χ0) is 18.1. The minimum atomic E-state index is -0.753. The fourth-order valence-electron chi connectivity index (χ4n) is 3.85. The summed E-state index contributed by atoms with van der Waals surface area (Å²) in [6.45, 7) is 2.09. The van der Waals surface area contributed by atoms with E-state index in [0.29, 0.717) is 12.0 Å². The fraction of sp³-hybridized carbons (Fsp3) is 0.333. The first-order valence-corrected chi connectivity index (χ1v) is 14.1. The zero-order valence-corrected chi connectivity index (χ0v) is 17.0. The van der Waals surface area contributed by atoms with Gasteiger partial charge in [-0.15, -0.1) is 0 Å². The second-order valence-corrected chi connectivity index (χ2v) is 13.2. The number of alkyl halides is 3. The molecule has 2 aliphatic heterocycles. The number of carbonyl (C=O) groups excluding carboxylic acids is 2. The molecule has 1 aliphatic carbocycles. The normalized spacial score (nSPS) is 25.9. The van der Waals surface area contributed by atoms with Crippen LogP contribution in [-0.4, -0.2) is 44.0 Å². The molecule has 136 valence electrons. The number of carbonyl (C=O) groups is 2. The third-order valence-corrected chi connectivity index (χ3v) is 9.89. The summed E-state index contributed by atoms with van der Waals surface area (Å²) in [5.74, 6) is 0.0117. The van der Waals surface area contributed by atoms with Crippen molar-refractivity contribution in [1.29, 1.82) is 0 Å². The number of amides is 1. The Bertz CT molecular complexity index is 818. The van der Waals surface area contributed by atoms with Crippen LogP contribution in [0.15, 0.2) is 59.3 Å². The molecule has 0 bridgehead atoms. The predicted octanol–water partition coefficient (Wildman–Crippen LogP) is 3.01. The van der Waals surface area contributed by atoms with E-state index in [1.54, 1.807) is 0 Å². The molecule has 4 nitrogen and oxygen atoms in total. The summed E-state index contributed by atoms with van der Waals surface area (Å²) in [5, 5.41) is 3.02. The Kier molecular flexibility index (Phi) is 4.98. The molecule has 1 atom stereocenters. The quantitative estimate of drug-likeness (QED) is 0.325. The second-order valence-electron chi connectivity index (χ2n) is 6.88. The van der Waals surface area contributed by atoms with E-state index in [0.717, 1.165) is 41.9 Å². The Morgan fingerprint density at radius 1 is 1.23 bits per heavy atom. The zero-order valence-electron chi connectivity index (χ0n) is 14.9. The van der Waals surface area contributed by atoms with Gasteiger partial charge in [-0.1, -0.05) is 0 Å². The van der Waals surface area contributed by atoms with E-state index >= 15 is 0 Å². The van der Waals surface area contributed by atoms with Gasteiger partial charge in [-0.05, 0) is 0 Å². The fourth-order valence-corrected chi connectivity index (χ4v) is 7.21. The molecule has 2 fully saturated rings. The van der Waals surface area contributed by atoms with Gasteiger partial charge in [0.25, 0.3) is 0 Å². The van der Waals surface area contributed by atoms with Gasteiger partial charge in [-0.3, -0.25) is 0 Å². The van der Waals surface area contributed by atoms with Crippen molar-refractivity contribution in [3.63, 3.8) is 0 Å². The van der Waals surface area contributed by atoms with Gasteiger partial charge in [0.2, 0.25) is 0 Å². The first kappa shape index (κ1) is 17.5. The SMILES string of the molecule is CI1CCN(/C(=C2/C(=O)NC3=CC(C=O)=CCC32)c2ccccc2)CC1. The van der Waals surface area contributed by atoms with Crippen LogP contribution in [0.4, 0.5) is 0 Å². The topological polar surface area (TPSA) is 49.4 Å². The molecular formula is C21H23IN2O2. The van der Waals surface area contributed by atoms with Crippen molar-refractivity contribution < 1.29 is 9.59 Å². The summed E-state index contributed by atoms with van der Waals surface area (Å²) in [4.78, 5) is 28.9. The van der Waals surface area contributed by atoms with Crippen LogP contribution in [-0.2, 0) is 9.59 Å². The Labute approximate surface area is 161 Å². The molecule has 1 unspecified atom stereocenters. The van der Waals surface area contributed by atoms with Crippen LogP contribution >= 0.6 is 19.8 Å². The molecule has 1 N–H and O–H groups in total. The van der Waals surface area contributed by atoms with E-state index < -0.39 is 19.8 Å². The molecule has 2 heterocycles. The van der Waals surface area contributed by atoms with Crippen LogP contribution in [0.3, 0.4) is 0 Å². The van der Waals surface area contributed by atoms with Crippen LogP contribution in [0.2, 0.25) is 0 Å². The standard InChI is InChI=1S/C21H23IN2O2/c1-22-9-11-24(12-10-22)20(16-5-3-2-4-6-16)19-17-8-7-15(14-25)13-18(17)23-21(19)26/h2-7,13-14,17H,8-12H2,1H3,(H,23,26)/b20-19+. The van der Waals surface area contributed by atoms with Gasteiger partial charge in [0.1, 0.15) is 0 Å². The number of nitrogens with one attached hydrogen (secondary N) is 1. The summed E-state index contributed by atoms with van der Waals surface area (Å²) in [6.07, 6.45) is 5.31. The molecule has 1 aromatic rings. The Balaban J connectivity index is 1.80. The number of nitrogens with zero attached hydrogens (tertiary/aromatic N) is 1. The summed E-state index contributed by atoms with van der Waals surface area (Å²) < 4.78 is 2.61. The van der Waals surface area contributed by atoms with Crippen LogP contribution in [0.1, 0.15) is 12.0 Å². The van der Waals surface area contributed by atoms with Crippen LogP contribution < -0.4 is 5.32 Å². The minimum absolute atomic E-state index is 0.0157. The van der Waals surface area contributed by atoms with Crippen LogP contribution in [0.25, 0.3) is 5.70 Å². The van der Waals surface area contributed by atoms with Crippen LogP contribution in [0, 0.1) is 5.92 Å². The first-order chi connectivity index (χ1) is 12.7. The number of rotatable bonds is 3. The maximum absolute atomic E-state index is 12.9. The Morgan fingerprint density at radius 3 is 2.65 bits per heavy atom. The second kappa shape index (κ2) is 7.39. The molecule has 4 rings (SSSR count). The third kappa shape index (κ3) is 3.24. The Hall–Kier alpha value is -1.89. The molecule has 5 heteroatoms. The molecule has 26 heavy (non-hydrogen) atoms. The van der Waals surface area contributed by atoms with E-state index in [1.165, 1.54) is 8.86 Å². The number of hydrogen-bond donors (Lipinski definition) is 1. The van der Waals surface area contributed by atoms with Crippen molar-refractivity contribution in [1.82, 2.24) is 10.2 Å². The van der Waals surface area contributed by atoms with Crippen molar-refractivity contribution in [3.05, 3.63) is 64.9 Å². The van der Waals surface area contributed by atoms with Crippen LogP contribution in [0.5, 0.6) is 0 Å². The van der Waals surface area contributed by atoms with E-state index in [9.17, 15) is 9.59 Å². The summed E-state index contributed by atoms with van der Waals surface area (Å²) in [7, 11) is 0. The van der Waals surface area contributed by atoms with E-state index in [4.69, 9.17) is 0 Å². The summed E-state index contributed by atoms with van der Waals surface area (Å²) >= 11 is -0.753. The average Bonchev–Trinajstić information content (AvgIpc) is 2.99. The maximum atomic E-state index is 12.9. The number of aldehydes is 1. The molecule has 0 spiro atoms. The predicted molar refractivity (Wildman–Crippen MR) is 113 cm³/mol. The molecule has 0 aromatic heterocycles. The number of fused-ring (bicyclic) bond motifs is 1. The number of halogens is 1. The number of benzene rings is 1. The molecular weight excluding hydrogens is 439 g/mol. The van der Waals surface area contributed by atoms with Gasteiger partial charge in [-0.2, -0.15) is 0 Å². The van der Waals surface area contributed by atoms with Crippen molar-refractivity contribution in [2.75, 3.05) is 26.9 Å². The van der Waals surface area contributed by atoms with E-state index in [-0.39, 0.29) is 11.8 Å². The molecule has 1 amide bonds. The van der Waals surface area contributed by atoms with E-state index in [1.807, 2.05) is 30.4 Å². The number of hydrogen-bond acceptors (Lipinski definition) is 3. The van der Waals surface area contributed by atoms with Gasteiger partial charge >= 0.3 is 162 Å². The molecule has 2 saturated heterocycles. The molecule has 0 radical (unpaired) electrons. The van der Waals surface area contributed by atoms with Crippen molar-refractivity contribution in [3.8, 4) is 0 Å². The van der Waals surface area contributed by atoms with Gasteiger partial charge in [0, 0.05) is 0 Å². The first-order valence-electron chi connectivity index (χ1n) is 8.92. The van der Waals surface area contributed by atoms with Gasteiger partial charge in [0.05, 0.1) is 0 Å². The summed E-state index contributed by atoms with van der Waals surface area (Å²) in [5.41, 5.74) is 4.58. The summed E-state index contributed by atoms with van der Waals surface area (Å²) in [6, 6.07) is 10.3. The van der Waals surface area contributed by atoms with Gasteiger partial charge < -0.3 is 0 Å². The van der Waals surface area contributed by atoms with Gasteiger partial charge in [0.15, 0.2) is 0 Å². The van der Waals surface area contributed by atoms with E-state index in [2.05, 4.69) is 27.3 Å². The monoisotopic (exact) mass is 462 g/mol.